The first kappa shape index (κ1) is 32.0. The van der Waals surface area contributed by atoms with Gasteiger partial charge in [-0.2, -0.15) is 0 Å². The van der Waals surface area contributed by atoms with Gasteiger partial charge in [-0.15, -0.1) is 0 Å². The lowest BCUT2D eigenvalue weighted by Gasteiger charge is -2.44. The topological polar surface area (TPSA) is 107 Å². The maximum Gasteiger partial charge on any atom is 0.314 e. The SMILES string of the molecule is CCC(C)(CC(C)c1ccccc1)C(=O)OC1OCC(OC2OCC(C)C(C)C2OC(C)=O)C(C)C1OC(C)=O. The van der Waals surface area contributed by atoms with Crippen LogP contribution in [0.3, 0.4) is 0 Å². The predicted octanol–water partition coefficient (Wildman–Crippen LogP) is 5.01. The summed E-state index contributed by atoms with van der Waals surface area (Å²) in [5.41, 5.74) is 0.381. The molecule has 10 unspecified atom stereocenters. The van der Waals surface area contributed by atoms with Crippen molar-refractivity contribution < 1.29 is 42.8 Å². The molecule has 0 spiro atoms. The molecule has 1 aromatic rings. The Morgan fingerprint density at radius 2 is 1.48 bits per heavy atom. The van der Waals surface area contributed by atoms with Crippen molar-refractivity contribution in [3.63, 3.8) is 0 Å². The molecular formula is C31H46O9. The van der Waals surface area contributed by atoms with Crippen molar-refractivity contribution in [1.82, 2.24) is 0 Å². The Balaban J connectivity index is 1.72. The molecule has 9 heteroatoms. The van der Waals surface area contributed by atoms with Crippen molar-refractivity contribution in [1.29, 1.82) is 0 Å². The Hall–Kier alpha value is -2.49. The molecule has 0 amide bonds. The molecule has 2 fully saturated rings. The third kappa shape index (κ3) is 7.83. The Morgan fingerprint density at radius 3 is 2.05 bits per heavy atom. The zero-order chi connectivity index (χ0) is 29.6. The number of hydrogen-bond acceptors (Lipinski definition) is 9. The van der Waals surface area contributed by atoms with Gasteiger partial charge in [0.1, 0.15) is 0 Å². The van der Waals surface area contributed by atoms with E-state index in [1.54, 1.807) is 0 Å². The molecule has 9 nitrogen and oxygen atoms in total. The normalized spacial score (nSPS) is 32.8. The van der Waals surface area contributed by atoms with E-state index in [4.69, 9.17) is 28.4 Å². The zero-order valence-electron chi connectivity index (χ0n) is 25.1. The van der Waals surface area contributed by atoms with Gasteiger partial charge in [0.25, 0.3) is 0 Å². The summed E-state index contributed by atoms with van der Waals surface area (Å²) >= 11 is 0. The molecule has 224 valence electrons. The fourth-order valence-electron chi connectivity index (χ4n) is 5.42. The number of carbonyl (C=O) groups excluding carboxylic acids is 3. The van der Waals surface area contributed by atoms with E-state index in [9.17, 15) is 14.4 Å². The van der Waals surface area contributed by atoms with Crippen LogP contribution in [0.1, 0.15) is 79.7 Å². The van der Waals surface area contributed by atoms with Crippen LogP contribution in [0.4, 0.5) is 0 Å². The second-order valence-corrected chi connectivity index (χ2v) is 11.8. The summed E-state index contributed by atoms with van der Waals surface area (Å²) in [6, 6.07) is 10.0. The molecule has 2 heterocycles. The van der Waals surface area contributed by atoms with Gasteiger partial charge in [0.15, 0.2) is 18.5 Å². The van der Waals surface area contributed by atoms with E-state index in [0.29, 0.717) is 19.4 Å². The number of carbonyl (C=O) groups is 3. The number of ether oxygens (including phenoxy) is 6. The van der Waals surface area contributed by atoms with E-state index < -0.39 is 60.1 Å². The van der Waals surface area contributed by atoms with Crippen LogP contribution >= 0.6 is 0 Å². The van der Waals surface area contributed by atoms with Crippen molar-refractivity contribution in [2.45, 2.75) is 105 Å². The molecule has 3 rings (SSSR count). The molecule has 40 heavy (non-hydrogen) atoms. The highest BCUT2D eigenvalue weighted by atomic mass is 16.7. The lowest BCUT2D eigenvalue weighted by Crippen LogP contribution is -2.56. The summed E-state index contributed by atoms with van der Waals surface area (Å²) in [7, 11) is 0. The fourth-order valence-corrected chi connectivity index (χ4v) is 5.42. The summed E-state index contributed by atoms with van der Waals surface area (Å²) in [6.07, 6.45) is -2.76. The Morgan fingerprint density at radius 1 is 0.900 bits per heavy atom. The third-order valence-corrected chi connectivity index (χ3v) is 8.54. The monoisotopic (exact) mass is 562 g/mol. The highest BCUT2D eigenvalue weighted by molar-refractivity contribution is 5.76. The Labute approximate surface area is 238 Å². The molecule has 0 radical (unpaired) electrons. The minimum atomic E-state index is -1.08. The highest BCUT2D eigenvalue weighted by Gasteiger charge is 2.48. The van der Waals surface area contributed by atoms with Crippen molar-refractivity contribution in [2.24, 2.45) is 23.2 Å². The van der Waals surface area contributed by atoms with Gasteiger partial charge >= 0.3 is 17.9 Å². The minimum Gasteiger partial charge on any atom is -0.457 e. The van der Waals surface area contributed by atoms with Crippen LogP contribution in [0.25, 0.3) is 0 Å². The quantitative estimate of drug-likeness (QED) is 0.287. The van der Waals surface area contributed by atoms with Gasteiger partial charge < -0.3 is 28.4 Å². The van der Waals surface area contributed by atoms with E-state index in [1.165, 1.54) is 13.8 Å². The largest absolute Gasteiger partial charge is 0.457 e. The summed E-state index contributed by atoms with van der Waals surface area (Å²) < 4.78 is 35.3. The molecule has 0 aromatic heterocycles. The average molecular weight is 563 g/mol. The van der Waals surface area contributed by atoms with Crippen LogP contribution in [0.2, 0.25) is 0 Å². The van der Waals surface area contributed by atoms with Crippen LogP contribution < -0.4 is 0 Å². The first-order chi connectivity index (χ1) is 18.9. The first-order valence-electron chi connectivity index (χ1n) is 14.3. The van der Waals surface area contributed by atoms with E-state index in [2.05, 4.69) is 19.1 Å². The maximum atomic E-state index is 13.5. The minimum absolute atomic E-state index is 0.0189. The lowest BCUT2D eigenvalue weighted by molar-refractivity contribution is -0.309. The molecule has 2 aliphatic rings. The summed E-state index contributed by atoms with van der Waals surface area (Å²) in [6.45, 7) is 15.0. The smallest absolute Gasteiger partial charge is 0.314 e. The molecular weight excluding hydrogens is 516 g/mol. The molecule has 2 aliphatic heterocycles. The third-order valence-electron chi connectivity index (χ3n) is 8.54. The molecule has 1 aromatic carbocycles. The molecule has 0 N–H and O–H groups in total. The van der Waals surface area contributed by atoms with Gasteiger partial charge in [-0.05, 0) is 37.2 Å². The fraction of sp³-hybridized carbons (Fsp3) is 0.710. The van der Waals surface area contributed by atoms with Crippen molar-refractivity contribution >= 4 is 17.9 Å². The van der Waals surface area contributed by atoms with E-state index in [0.717, 1.165) is 5.56 Å². The number of rotatable bonds is 10. The van der Waals surface area contributed by atoms with Crippen LogP contribution in [0.5, 0.6) is 0 Å². The summed E-state index contributed by atoms with van der Waals surface area (Å²) in [5, 5.41) is 0. The molecule has 0 aliphatic carbocycles. The van der Waals surface area contributed by atoms with Gasteiger partial charge in [0, 0.05) is 25.7 Å². The van der Waals surface area contributed by atoms with Gasteiger partial charge in [0.05, 0.1) is 24.7 Å². The summed E-state index contributed by atoms with van der Waals surface area (Å²) in [5.74, 6) is -1.40. The number of benzene rings is 1. The number of hydrogen-bond donors (Lipinski definition) is 0. The summed E-state index contributed by atoms with van der Waals surface area (Å²) in [4.78, 5) is 37.4. The average Bonchev–Trinajstić information content (AvgIpc) is 2.91. The van der Waals surface area contributed by atoms with Crippen molar-refractivity contribution in [2.75, 3.05) is 13.2 Å². The van der Waals surface area contributed by atoms with E-state index >= 15 is 0 Å². The second kappa shape index (κ2) is 13.9. The van der Waals surface area contributed by atoms with Crippen molar-refractivity contribution in [3.05, 3.63) is 35.9 Å². The van der Waals surface area contributed by atoms with Gasteiger partial charge in [-0.3, -0.25) is 14.4 Å². The predicted molar refractivity (Wildman–Crippen MR) is 147 cm³/mol. The zero-order valence-corrected chi connectivity index (χ0v) is 25.1. The van der Waals surface area contributed by atoms with Crippen LogP contribution in [-0.2, 0) is 42.8 Å². The molecule has 0 bridgehead atoms. The second-order valence-electron chi connectivity index (χ2n) is 11.8. The van der Waals surface area contributed by atoms with E-state index in [1.807, 2.05) is 52.8 Å². The van der Waals surface area contributed by atoms with Gasteiger partial charge in [-0.25, -0.2) is 0 Å². The van der Waals surface area contributed by atoms with Crippen LogP contribution in [-0.4, -0.2) is 62.0 Å². The van der Waals surface area contributed by atoms with Crippen molar-refractivity contribution in [3.8, 4) is 0 Å². The van der Waals surface area contributed by atoms with Gasteiger partial charge in [0.2, 0.25) is 6.29 Å². The molecule has 0 saturated carbocycles. The first-order valence-corrected chi connectivity index (χ1v) is 14.3. The van der Waals surface area contributed by atoms with Crippen LogP contribution in [0, 0.1) is 23.2 Å². The lowest BCUT2D eigenvalue weighted by atomic mass is 9.77. The standard InChI is InChI=1S/C31H46O9/c1-9-31(8,15-18(2)24-13-11-10-12-14-24)30(34)40-29-27(38-23(7)33)21(5)25(17-36-29)39-28-26(37-22(6)32)20(4)19(3)16-35-28/h10-14,18-21,25-29H,9,15-17H2,1-8H3. The molecule has 10 atom stereocenters. The van der Waals surface area contributed by atoms with Gasteiger partial charge in [-0.1, -0.05) is 65.0 Å². The number of esters is 3. The Bertz CT molecular complexity index is 998. The van der Waals surface area contributed by atoms with E-state index in [-0.39, 0.29) is 24.4 Å². The van der Waals surface area contributed by atoms with Crippen LogP contribution in [0.15, 0.2) is 30.3 Å². The highest BCUT2D eigenvalue weighted by Crippen LogP contribution is 2.38. The maximum absolute atomic E-state index is 13.5. The Kier molecular flexibility index (Phi) is 11.1. The molecule has 2 saturated heterocycles.